The van der Waals surface area contributed by atoms with E-state index < -0.39 is 11.9 Å². The predicted molar refractivity (Wildman–Crippen MR) is 87.0 cm³/mol. The molecule has 0 aliphatic rings. The summed E-state index contributed by atoms with van der Waals surface area (Å²) in [5.74, 6) is -0.0405. The van der Waals surface area contributed by atoms with Crippen molar-refractivity contribution in [3.63, 3.8) is 0 Å². The van der Waals surface area contributed by atoms with Gasteiger partial charge in [0, 0.05) is 5.56 Å². The number of amides is 1. The highest BCUT2D eigenvalue weighted by molar-refractivity contribution is 6.33. The summed E-state index contributed by atoms with van der Waals surface area (Å²) in [6, 6.07) is 15.6. The van der Waals surface area contributed by atoms with Crippen molar-refractivity contribution < 1.29 is 23.9 Å². The van der Waals surface area contributed by atoms with Gasteiger partial charge < -0.3 is 14.8 Å². The Labute approximate surface area is 139 Å². The zero-order valence-corrected chi connectivity index (χ0v) is 12.9. The summed E-state index contributed by atoms with van der Waals surface area (Å²) in [4.78, 5) is 33.1. The van der Waals surface area contributed by atoms with Crippen LogP contribution in [0.15, 0.2) is 54.6 Å². The minimum atomic E-state index is -0.579. The molecule has 0 saturated heterocycles. The summed E-state index contributed by atoms with van der Waals surface area (Å²) >= 11 is 0. The van der Waals surface area contributed by atoms with Gasteiger partial charge in [-0.1, -0.05) is 30.3 Å². The topological polar surface area (TPSA) is 81.7 Å². The number of hydrogen-bond donors (Lipinski definition) is 1. The summed E-state index contributed by atoms with van der Waals surface area (Å²) in [6.45, 7) is 0.740. The summed E-state index contributed by atoms with van der Waals surface area (Å²) in [7, 11) is 0. The SMILES string of the molecule is O=CC(=O)c1ccc(OCCNC(=O)OCc2ccccc2)cc1. The third-order valence-corrected chi connectivity index (χ3v) is 3.10. The first kappa shape index (κ1) is 17.2. The van der Waals surface area contributed by atoms with Gasteiger partial charge in [-0.05, 0) is 29.8 Å². The molecule has 0 aliphatic carbocycles. The molecule has 2 rings (SSSR count). The van der Waals surface area contributed by atoms with Crippen LogP contribution < -0.4 is 10.1 Å². The van der Waals surface area contributed by atoms with Crippen molar-refractivity contribution in [3.8, 4) is 5.75 Å². The number of carbonyl (C=O) groups is 3. The third-order valence-electron chi connectivity index (χ3n) is 3.10. The second-order valence-electron chi connectivity index (χ2n) is 4.84. The Morgan fingerprint density at radius 2 is 1.71 bits per heavy atom. The molecule has 0 aromatic heterocycles. The molecule has 6 nitrogen and oxygen atoms in total. The predicted octanol–water partition coefficient (Wildman–Crippen LogP) is 2.37. The van der Waals surface area contributed by atoms with Gasteiger partial charge in [0.05, 0.1) is 6.54 Å². The van der Waals surface area contributed by atoms with E-state index in [0.29, 0.717) is 11.3 Å². The first-order chi connectivity index (χ1) is 11.7. The molecule has 0 atom stereocenters. The highest BCUT2D eigenvalue weighted by atomic mass is 16.5. The monoisotopic (exact) mass is 327 g/mol. The number of ketones is 1. The van der Waals surface area contributed by atoms with Gasteiger partial charge in [0.25, 0.3) is 0 Å². The van der Waals surface area contributed by atoms with Crippen molar-refractivity contribution in [2.45, 2.75) is 6.61 Å². The van der Waals surface area contributed by atoms with E-state index in [-0.39, 0.29) is 26.0 Å². The lowest BCUT2D eigenvalue weighted by molar-refractivity contribution is -0.104. The summed E-state index contributed by atoms with van der Waals surface area (Å²) in [5.41, 5.74) is 1.22. The fraction of sp³-hybridized carbons (Fsp3) is 0.167. The maximum Gasteiger partial charge on any atom is 0.407 e. The van der Waals surface area contributed by atoms with Gasteiger partial charge in [-0.25, -0.2) is 4.79 Å². The van der Waals surface area contributed by atoms with Crippen molar-refractivity contribution in [2.75, 3.05) is 13.2 Å². The molecule has 0 unspecified atom stereocenters. The molecule has 0 bridgehead atoms. The Hall–Kier alpha value is -3.15. The number of benzene rings is 2. The third kappa shape index (κ3) is 5.57. The minimum Gasteiger partial charge on any atom is -0.492 e. The van der Waals surface area contributed by atoms with E-state index >= 15 is 0 Å². The Morgan fingerprint density at radius 1 is 1.00 bits per heavy atom. The first-order valence-corrected chi connectivity index (χ1v) is 7.36. The van der Waals surface area contributed by atoms with E-state index in [1.54, 1.807) is 12.1 Å². The fourth-order valence-corrected chi connectivity index (χ4v) is 1.88. The van der Waals surface area contributed by atoms with Crippen LogP contribution in [0.3, 0.4) is 0 Å². The van der Waals surface area contributed by atoms with Crippen LogP contribution >= 0.6 is 0 Å². The van der Waals surface area contributed by atoms with Crippen molar-refractivity contribution in [1.82, 2.24) is 5.32 Å². The van der Waals surface area contributed by atoms with E-state index in [0.717, 1.165) is 5.56 Å². The van der Waals surface area contributed by atoms with E-state index in [2.05, 4.69) is 5.32 Å². The molecule has 0 heterocycles. The molecule has 0 fully saturated rings. The van der Waals surface area contributed by atoms with E-state index in [1.165, 1.54) is 12.1 Å². The molecule has 1 amide bonds. The molecule has 124 valence electrons. The molecular weight excluding hydrogens is 310 g/mol. The van der Waals surface area contributed by atoms with E-state index in [4.69, 9.17) is 9.47 Å². The van der Waals surface area contributed by atoms with Crippen LogP contribution in [0, 0.1) is 0 Å². The molecular formula is C18H17NO5. The Morgan fingerprint density at radius 3 is 2.38 bits per heavy atom. The van der Waals surface area contributed by atoms with Crippen molar-refractivity contribution in [2.24, 2.45) is 0 Å². The van der Waals surface area contributed by atoms with E-state index in [9.17, 15) is 14.4 Å². The van der Waals surface area contributed by atoms with Gasteiger partial charge in [0.1, 0.15) is 19.0 Å². The lowest BCUT2D eigenvalue weighted by Crippen LogP contribution is -2.28. The molecule has 0 saturated carbocycles. The van der Waals surface area contributed by atoms with Gasteiger partial charge in [-0.3, -0.25) is 9.59 Å². The fourth-order valence-electron chi connectivity index (χ4n) is 1.88. The number of aldehydes is 1. The molecule has 24 heavy (non-hydrogen) atoms. The standard InChI is InChI=1S/C18H17NO5/c20-12-17(21)15-6-8-16(9-7-15)23-11-10-19-18(22)24-13-14-4-2-1-3-5-14/h1-9,12H,10-11,13H2,(H,19,22). The van der Waals surface area contributed by atoms with Crippen LogP contribution in [0.1, 0.15) is 15.9 Å². The highest BCUT2D eigenvalue weighted by Gasteiger charge is 2.04. The first-order valence-electron chi connectivity index (χ1n) is 7.36. The normalized spacial score (nSPS) is 9.83. The Kier molecular flexibility index (Phi) is 6.52. The van der Waals surface area contributed by atoms with Crippen LogP contribution in [0.2, 0.25) is 0 Å². The number of Topliss-reactive ketones (excluding diaryl/α,β-unsaturated/α-hetero) is 1. The van der Waals surface area contributed by atoms with Crippen LogP contribution in [0.5, 0.6) is 5.75 Å². The Balaban J connectivity index is 1.64. The lowest BCUT2D eigenvalue weighted by atomic mass is 10.1. The minimum absolute atomic E-state index is 0.208. The molecule has 0 spiro atoms. The molecule has 1 N–H and O–H groups in total. The van der Waals surface area contributed by atoms with Crippen molar-refractivity contribution >= 4 is 18.2 Å². The number of hydrogen-bond acceptors (Lipinski definition) is 5. The van der Waals surface area contributed by atoms with Gasteiger partial charge in [-0.15, -0.1) is 0 Å². The maximum absolute atomic E-state index is 11.5. The second-order valence-corrected chi connectivity index (χ2v) is 4.84. The zero-order chi connectivity index (χ0) is 17.2. The smallest absolute Gasteiger partial charge is 0.407 e. The number of rotatable bonds is 8. The van der Waals surface area contributed by atoms with Gasteiger partial charge in [-0.2, -0.15) is 0 Å². The van der Waals surface area contributed by atoms with Gasteiger partial charge in [0.15, 0.2) is 6.29 Å². The maximum atomic E-state index is 11.5. The molecule has 0 radical (unpaired) electrons. The summed E-state index contributed by atoms with van der Waals surface area (Å²) < 4.78 is 10.5. The Bertz CT molecular complexity index is 682. The number of alkyl carbamates (subject to hydrolysis) is 1. The lowest BCUT2D eigenvalue weighted by Gasteiger charge is -2.09. The van der Waals surface area contributed by atoms with Crippen molar-refractivity contribution in [1.29, 1.82) is 0 Å². The van der Waals surface area contributed by atoms with Crippen LogP contribution in [-0.4, -0.2) is 31.3 Å². The number of nitrogens with one attached hydrogen (secondary N) is 1. The summed E-state index contributed by atoms with van der Waals surface area (Å²) in [6.07, 6.45) is -0.254. The zero-order valence-electron chi connectivity index (χ0n) is 12.9. The molecule has 0 aliphatic heterocycles. The quantitative estimate of drug-likeness (QED) is 0.348. The molecule has 2 aromatic carbocycles. The van der Waals surface area contributed by atoms with Crippen molar-refractivity contribution in [3.05, 3.63) is 65.7 Å². The van der Waals surface area contributed by atoms with Gasteiger partial charge >= 0.3 is 6.09 Å². The second kappa shape index (κ2) is 9.09. The average molecular weight is 327 g/mol. The number of ether oxygens (including phenoxy) is 2. The van der Waals surface area contributed by atoms with Gasteiger partial charge in [0.2, 0.25) is 5.78 Å². The molecule has 2 aromatic rings. The van der Waals surface area contributed by atoms with E-state index in [1.807, 2.05) is 30.3 Å². The van der Waals surface area contributed by atoms with Crippen LogP contribution in [-0.2, 0) is 16.1 Å². The average Bonchev–Trinajstić information content (AvgIpc) is 2.64. The number of carbonyl (C=O) groups excluding carboxylic acids is 3. The molecule has 6 heteroatoms. The van der Waals surface area contributed by atoms with Crippen LogP contribution in [0.25, 0.3) is 0 Å². The van der Waals surface area contributed by atoms with Crippen LogP contribution in [0.4, 0.5) is 4.79 Å². The highest BCUT2D eigenvalue weighted by Crippen LogP contribution is 2.12. The summed E-state index contributed by atoms with van der Waals surface area (Å²) in [5, 5.41) is 2.58. The largest absolute Gasteiger partial charge is 0.492 e.